The van der Waals surface area contributed by atoms with Crippen LogP contribution in [0.2, 0.25) is 0 Å². The molecule has 0 aliphatic carbocycles. The largest absolute Gasteiger partial charge is 0.497 e. The van der Waals surface area contributed by atoms with Gasteiger partial charge in [-0.25, -0.2) is 4.98 Å². The monoisotopic (exact) mass is 480 g/mol. The summed E-state index contributed by atoms with van der Waals surface area (Å²) in [6.45, 7) is 0. The highest BCUT2D eigenvalue weighted by Gasteiger charge is 2.19. The van der Waals surface area contributed by atoms with E-state index < -0.39 is 0 Å². The van der Waals surface area contributed by atoms with Gasteiger partial charge < -0.3 is 4.74 Å². The van der Waals surface area contributed by atoms with Gasteiger partial charge in [-0.1, -0.05) is 60.7 Å². The maximum atomic E-state index is 5.44. The number of ether oxygens (including phenoxy) is 1. The number of pyridine rings is 1. The van der Waals surface area contributed by atoms with Crippen molar-refractivity contribution in [2.75, 3.05) is 7.11 Å². The first-order valence-electron chi connectivity index (χ1n) is 12.0. The van der Waals surface area contributed by atoms with Gasteiger partial charge in [0.25, 0.3) is 0 Å². The van der Waals surface area contributed by atoms with E-state index in [-0.39, 0.29) is 0 Å². The number of thiophene rings is 1. The van der Waals surface area contributed by atoms with Gasteiger partial charge in [-0.05, 0) is 64.2 Å². The molecule has 0 saturated heterocycles. The fourth-order valence-corrected chi connectivity index (χ4v) is 6.76. The minimum absolute atomic E-state index is 0.851. The molecule has 8 rings (SSSR count). The van der Waals surface area contributed by atoms with Crippen LogP contribution in [0, 0.1) is 0 Å². The molecule has 0 fully saturated rings. The molecule has 4 heteroatoms. The lowest BCUT2D eigenvalue weighted by atomic mass is 10.0. The number of nitrogens with zero attached hydrogens (tertiary/aromatic N) is 2. The van der Waals surface area contributed by atoms with E-state index in [2.05, 4.69) is 95.4 Å². The fourth-order valence-electron chi connectivity index (χ4n) is 5.58. The number of rotatable bonds is 2. The molecule has 0 spiro atoms. The van der Waals surface area contributed by atoms with Crippen molar-refractivity contribution in [3.63, 3.8) is 0 Å². The smallest absolute Gasteiger partial charge is 0.156 e. The van der Waals surface area contributed by atoms with E-state index in [4.69, 9.17) is 9.72 Å². The highest BCUT2D eigenvalue weighted by atomic mass is 32.1. The fraction of sp³-hybridized carbons (Fsp3) is 0.0312. The van der Waals surface area contributed by atoms with Gasteiger partial charge in [-0.15, -0.1) is 11.3 Å². The second kappa shape index (κ2) is 7.30. The van der Waals surface area contributed by atoms with Crippen molar-refractivity contribution in [3.05, 3.63) is 103 Å². The van der Waals surface area contributed by atoms with Crippen molar-refractivity contribution >= 4 is 69.7 Å². The van der Waals surface area contributed by atoms with Crippen molar-refractivity contribution in [1.29, 1.82) is 0 Å². The lowest BCUT2D eigenvalue weighted by molar-refractivity contribution is 0.415. The van der Waals surface area contributed by atoms with Crippen LogP contribution in [0.4, 0.5) is 0 Å². The zero-order valence-electron chi connectivity index (χ0n) is 19.5. The molecule has 0 aliphatic heterocycles. The van der Waals surface area contributed by atoms with Crippen molar-refractivity contribution in [2.45, 2.75) is 0 Å². The molecule has 3 aromatic heterocycles. The first-order valence-corrected chi connectivity index (χ1v) is 12.8. The van der Waals surface area contributed by atoms with Crippen molar-refractivity contribution in [3.8, 4) is 17.0 Å². The van der Waals surface area contributed by atoms with Crippen LogP contribution in [0.5, 0.6) is 5.75 Å². The molecule has 36 heavy (non-hydrogen) atoms. The summed E-state index contributed by atoms with van der Waals surface area (Å²) in [5.41, 5.74) is 5.44. The van der Waals surface area contributed by atoms with E-state index in [0.717, 1.165) is 33.7 Å². The summed E-state index contributed by atoms with van der Waals surface area (Å²) in [6.07, 6.45) is 0. The molecule has 0 radical (unpaired) electrons. The van der Waals surface area contributed by atoms with Gasteiger partial charge in [0.2, 0.25) is 0 Å². The number of imidazole rings is 1. The molecule has 3 heterocycles. The Balaban J connectivity index is 1.61. The first kappa shape index (κ1) is 19.8. The molecular formula is C32H20N2OS. The van der Waals surface area contributed by atoms with Gasteiger partial charge in [0.1, 0.15) is 5.75 Å². The van der Waals surface area contributed by atoms with Gasteiger partial charge in [-0.3, -0.25) is 4.40 Å². The highest BCUT2D eigenvalue weighted by molar-refractivity contribution is 7.26. The van der Waals surface area contributed by atoms with Crippen LogP contribution in [0.1, 0.15) is 0 Å². The molecule has 0 unspecified atom stereocenters. The molecule has 8 aromatic rings. The number of hydrogen-bond acceptors (Lipinski definition) is 3. The van der Waals surface area contributed by atoms with Gasteiger partial charge in [0.15, 0.2) is 5.65 Å². The number of benzene rings is 5. The Bertz CT molecular complexity index is 2130. The van der Waals surface area contributed by atoms with Crippen LogP contribution in [-0.4, -0.2) is 16.5 Å². The third-order valence-corrected chi connectivity index (χ3v) is 8.44. The van der Waals surface area contributed by atoms with Crippen molar-refractivity contribution in [1.82, 2.24) is 9.38 Å². The Hall–Kier alpha value is -4.41. The second-order valence-corrected chi connectivity index (χ2v) is 10.2. The molecule has 0 saturated carbocycles. The molecule has 0 amide bonds. The average molecular weight is 481 g/mol. The minimum atomic E-state index is 0.851. The quantitative estimate of drug-likeness (QED) is 0.247. The number of fused-ring (bicyclic) bond motifs is 11. The number of hydrogen-bond donors (Lipinski definition) is 0. The van der Waals surface area contributed by atoms with Crippen LogP contribution in [-0.2, 0) is 0 Å². The lowest BCUT2D eigenvalue weighted by Crippen LogP contribution is -1.93. The minimum Gasteiger partial charge on any atom is -0.497 e. The standard InChI is InChI=1S/C32H20N2OS/c1-35-22-14-10-21(11-15-22)27-18-25-29-23-8-4-2-6-19(23)13-17-28(29)36-31(25)32-33-30-24-9-5-3-7-20(24)12-16-26(30)34(27)32/h2-18H,1H3. The van der Waals surface area contributed by atoms with Crippen LogP contribution in [0.25, 0.3) is 69.7 Å². The van der Waals surface area contributed by atoms with E-state index in [1.165, 1.54) is 41.7 Å². The Labute approximate surface area is 210 Å². The summed E-state index contributed by atoms with van der Waals surface area (Å²) in [4.78, 5) is 5.32. The predicted molar refractivity (Wildman–Crippen MR) is 153 cm³/mol. The zero-order chi connectivity index (χ0) is 23.8. The van der Waals surface area contributed by atoms with Crippen molar-refractivity contribution < 1.29 is 4.74 Å². The Kier molecular flexibility index (Phi) is 4.02. The van der Waals surface area contributed by atoms with Crippen LogP contribution in [0.15, 0.2) is 103 Å². The predicted octanol–water partition coefficient (Wildman–Crippen LogP) is 8.84. The molecule has 3 nitrogen and oxygen atoms in total. The summed E-state index contributed by atoms with van der Waals surface area (Å²) in [6, 6.07) is 36.7. The summed E-state index contributed by atoms with van der Waals surface area (Å²) in [7, 11) is 1.70. The topological polar surface area (TPSA) is 26.5 Å². The molecule has 0 aliphatic rings. The van der Waals surface area contributed by atoms with Crippen molar-refractivity contribution in [2.24, 2.45) is 0 Å². The summed E-state index contributed by atoms with van der Waals surface area (Å²) in [5, 5.41) is 7.49. The normalized spacial score (nSPS) is 12.0. The van der Waals surface area contributed by atoms with Gasteiger partial charge in [-0.2, -0.15) is 0 Å². The van der Waals surface area contributed by atoms with Gasteiger partial charge in [0, 0.05) is 20.9 Å². The third kappa shape index (κ3) is 2.65. The van der Waals surface area contributed by atoms with Crippen LogP contribution in [0.3, 0.4) is 0 Å². The summed E-state index contributed by atoms with van der Waals surface area (Å²) < 4.78 is 10.3. The molecule has 0 atom stereocenters. The number of aromatic nitrogens is 2. The molecular weight excluding hydrogens is 460 g/mol. The van der Waals surface area contributed by atoms with E-state index in [9.17, 15) is 0 Å². The van der Waals surface area contributed by atoms with E-state index >= 15 is 0 Å². The molecule has 0 N–H and O–H groups in total. The second-order valence-electron chi connectivity index (χ2n) is 9.19. The SMILES string of the molecule is COc1ccc(-c2cc3c(sc4ccc5ccccc5c43)c3nc4c5ccccc5ccc4n23)cc1. The Morgan fingerprint density at radius 1 is 0.722 bits per heavy atom. The third-order valence-electron chi connectivity index (χ3n) is 7.28. The highest BCUT2D eigenvalue weighted by Crippen LogP contribution is 2.43. The van der Waals surface area contributed by atoms with Gasteiger partial charge >= 0.3 is 0 Å². The zero-order valence-corrected chi connectivity index (χ0v) is 20.3. The Morgan fingerprint density at radius 3 is 2.25 bits per heavy atom. The van der Waals surface area contributed by atoms with E-state index in [1.807, 2.05) is 23.5 Å². The summed E-state index contributed by atoms with van der Waals surface area (Å²) in [5.74, 6) is 0.851. The molecule has 5 aromatic carbocycles. The number of methoxy groups -OCH3 is 1. The van der Waals surface area contributed by atoms with Crippen LogP contribution >= 0.6 is 11.3 Å². The van der Waals surface area contributed by atoms with E-state index in [0.29, 0.717) is 0 Å². The maximum Gasteiger partial charge on any atom is 0.156 e. The summed E-state index contributed by atoms with van der Waals surface area (Å²) >= 11 is 1.83. The first-order chi connectivity index (χ1) is 17.8. The molecule has 170 valence electrons. The maximum absolute atomic E-state index is 5.44. The van der Waals surface area contributed by atoms with Gasteiger partial charge in [0.05, 0.1) is 28.5 Å². The van der Waals surface area contributed by atoms with Crippen LogP contribution < -0.4 is 4.74 Å². The Morgan fingerprint density at radius 2 is 1.44 bits per heavy atom. The van der Waals surface area contributed by atoms with E-state index in [1.54, 1.807) is 7.11 Å². The lowest BCUT2D eigenvalue weighted by Gasteiger charge is -2.10. The average Bonchev–Trinajstić information content (AvgIpc) is 3.52. The molecule has 0 bridgehead atoms.